The SMILES string of the molecule is COCCCNc1ccc(C#N)cc1Br. The maximum atomic E-state index is 8.69. The number of rotatable bonds is 5. The number of nitrogens with one attached hydrogen (secondary N) is 1. The Hall–Kier alpha value is -1.05. The van der Waals surface area contributed by atoms with E-state index >= 15 is 0 Å². The topological polar surface area (TPSA) is 45.0 Å². The summed E-state index contributed by atoms with van der Waals surface area (Å²) in [4.78, 5) is 0. The molecule has 0 heterocycles. The van der Waals surface area contributed by atoms with E-state index in [1.54, 1.807) is 19.2 Å². The van der Waals surface area contributed by atoms with Gasteiger partial charge >= 0.3 is 0 Å². The fourth-order valence-electron chi connectivity index (χ4n) is 1.17. The molecule has 1 aromatic carbocycles. The first-order chi connectivity index (χ1) is 7.27. The molecule has 0 aromatic heterocycles. The van der Waals surface area contributed by atoms with Crippen LogP contribution >= 0.6 is 15.9 Å². The Morgan fingerprint density at radius 1 is 1.53 bits per heavy atom. The van der Waals surface area contributed by atoms with Crippen molar-refractivity contribution in [2.24, 2.45) is 0 Å². The molecule has 4 heteroatoms. The maximum Gasteiger partial charge on any atom is 0.0992 e. The number of nitrogens with zero attached hydrogens (tertiary/aromatic N) is 1. The molecule has 0 unspecified atom stereocenters. The molecule has 1 aromatic rings. The molecule has 15 heavy (non-hydrogen) atoms. The summed E-state index contributed by atoms with van der Waals surface area (Å²) in [7, 11) is 1.69. The second kappa shape index (κ2) is 6.44. The van der Waals surface area contributed by atoms with Crippen LogP contribution in [0.2, 0.25) is 0 Å². The van der Waals surface area contributed by atoms with Gasteiger partial charge in [-0.2, -0.15) is 5.26 Å². The largest absolute Gasteiger partial charge is 0.385 e. The second-order valence-electron chi connectivity index (χ2n) is 3.08. The monoisotopic (exact) mass is 268 g/mol. The first kappa shape index (κ1) is 12.0. The van der Waals surface area contributed by atoms with E-state index in [0.717, 1.165) is 29.7 Å². The molecule has 0 amide bonds. The van der Waals surface area contributed by atoms with E-state index in [1.165, 1.54) is 0 Å². The van der Waals surface area contributed by atoms with Gasteiger partial charge in [-0.25, -0.2) is 0 Å². The zero-order valence-corrected chi connectivity index (χ0v) is 10.2. The zero-order chi connectivity index (χ0) is 11.1. The average Bonchev–Trinajstić information content (AvgIpc) is 2.26. The Labute approximate surface area is 98.2 Å². The quantitative estimate of drug-likeness (QED) is 0.836. The van der Waals surface area contributed by atoms with Crippen molar-refractivity contribution in [2.75, 3.05) is 25.6 Å². The normalized spacial score (nSPS) is 9.67. The summed E-state index contributed by atoms with van der Waals surface area (Å²) in [6.45, 7) is 1.61. The minimum absolute atomic E-state index is 0.657. The van der Waals surface area contributed by atoms with Crippen LogP contribution in [0.5, 0.6) is 0 Å². The van der Waals surface area contributed by atoms with Gasteiger partial charge in [0.15, 0.2) is 0 Å². The van der Waals surface area contributed by atoms with Crippen LogP contribution in [0.1, 0.15) is 12.0 Å². The van der Waals surface area contributed by atoms with E-state index in [0.29, 0.717) is 5.56 Å². The van der Waals surface area contributed by atoms with Crippen LogP contribution in [0, 0.1) is 11.3 Å². The van der Waals surface area contributed by atoms with Gasteiger partial charge in [0, 0.05) is 30.4 Å². The minimum Gasteiger partial charge on any atom is -0.385 e. The predicted octanol–water partition coefficient (Wildman–Crippen LogP) is 2.77. The van der Waals surface area contributed by atoms with Gasteiger partial charge in [0.1, 0.15) is 0 Å². The van der Waals surface area contributed by atoms with Crippen LogP contribution < -0.4 is 5.32 Å². The highest BCUT2D eigenvalue weighted by Gasteiger charge is 2.00. The molecule has 0 spiro atoms. The standard InChI is InChI=1S/C11H13BrN2O/c1-15-6-2-5-14-11-4-3-9(8-13)7-10(11)12/h3-4,7,14H,2,5-6H2,1H3. The van der Waals surface area contributed by atoms with Crippen LogP contribution in [0.25, 0.3) is 0 Å². The van der Waals surface area contributed by atoms with Gasteiger partial charge in [-0.3, -0.25) is 0 Å². The molecule has 0 saturated heterocycles. The lowest BCUT2D eigenvalue weighted by Crippen LogP contribution is -2.05. The number of hydrogen-bond donors (Lipinski definition) is 1. The van der Waals surface area contributed by atoms with Crippen LogP contribution in [0.3, 0.4) is 0 Å². The number of hydrogen-bond acceptors (Lipinski definition) is 3. The molecule has 0 aliphatic rings. The van der Waals surface area contributed by atoms with Gasteiger partial charge in [0.25, 0.3) is 0 Å². The lowest BCUT2D eigenvalue weighted by Gasteiger charge is -2.08. The van der Waals surface area contributed by atoms with Gasteiger partial charge in [-0.05, 0) is 40.5 Å². The highest BCUT2D eigenvalue weighted by Crippen LogP contribution is 2.23. The van der Waals surface area contributed by atoms with Crippen molar-refractivity contribution in [1.29, 1.82) is 5.26 Å². The van der Waals surface area contributed by atoms with E-state index in [1.807, 2.05) is 6.07 Å². The molecule has 1 N–H and O–H groups in total. The van der Waals surface area contributed by atoms with Gasteiger partial charge in [-0.15, -0.1) is 0 Å². The van der Waals surface area contributed by atoms with Crippen molar-refractivity contribution in [3.63, 3.8) is 0 Å². The summed E-state index contributed by atoms with van der Waals surface area (Å²) >= 11 is 3.41. The predicted molar refractivity (Wildman–Crippen MR) is 63.8 cm³/mol. The van der Waals surface area contributed by atoms with E-state index in [4.69, 9.17) is 10.00 Å². The van der Waals surface area contributed by atoms with Gasteiger partial charge in [-0.1, -0.05) is 0 Å². The van der Waals surface area contributed by atoms with Crippen molar-refractivity contribution < 1.29 is 4.74 Å². The summed E-state index contributed by atoms with van der Waals surface area (Å²) in [6, 6.07) is 7.59. The fraction of sp³-hybridized carbons (Fsp3) is 0.364. The third-order valence-electron chi connectivity index (χ3n) is 1.94. The number of methoxy groups -OCH3 is 1. The first-order valence-corrected chi connectivity index (χ1v) is 5.49. The van der Waals surface area contributed by atoms with Crippen molar-refractivity contribution in [3.05, 3.63) is 28.2 Å². The van der Waals surface area contributed by atoms with Gasteiger partial charge < -0.3 is 10.1 Å². The van der Waals surface area contributed by atoms with Crippen molar-refractivity contribution in [3.8, 4) is 6.07 Å². The van der Waals surface area contributed by atoms with Crippen molar-refractivity contribution >= 4 is 21.6 Å². The number of benzene rings is 1. The lowest BCUT2D eigenvalue weighted by molar-refractivity contribution is 0.198. The van der Waals surface area contributed by atoms with E-state index in [9.17, 15) is 0 Å². The smallest absolute Gasteiger partial charge is 0.0992 e. The van der Waals surface area contributed by atoms with Crippen molar-refractivity contribution in [1.82, 2.24) is 0 Å². The third kappa shape index (κ3) is 3.90. The summed E-state index contributed by atoms with van der Waals surface area (Å²) in [6.07, 6.45) is 0.961. The molecule has 0 bridgehead atoms. The molecule has 80 valence electrons. The summed E-state index contributed by atoms with van der Waals surface area (Å²) < 4.78 is 5.87. The van der Waals surface area contributed by atoms with E-state index in [2.05, 4.69) is 27.3 Å². The Kier molecular flexibility index (Phi) is 5.16. The van der Waals surface area contributed by atoms with Gasteiger partial charge in [0.05, 0.1) is 11.6 Å². The molecule has 0 aliphatic carbocycles. The average molecular weight is 269 g/mol. The van der Waals surface area contributed by atoms with Crippen molar-refractivity contribution in [2.45, 2.75) is 6.42 Å². The first-order valence-electron chi connectivity index (χ1n) is 4.70. The summed E-state index contributed by atoms with van der Waals surface area (Å²) in [5.41, 5.74) is 1.66. The second-order valence-corrected chi connectivity index (χ2v) is 3.93. The molecule has 0 radical (unpaired) electrons. The number of ether oxygens (including phenoxy) is 1. The molecule has 1 rings (SSSR count). The highest BCUT2D eigenvalue weighted by molar-refractivity contribution is 9.10. The minimum atomic E-state index is 0.657. The lowest BCUT2D eigenvalue weighted by atomic mass is 10.2. The molecular formula is C11H13BrN2O. The Bertz CT molecular complexity index is 360. The molecule has 3 nitrogen and oxygen atoms in total. The Balaban J connectivity index is 2.52. The highest BCUT2D eigenvalue weighted by atomic mass is 79.9. The molecule has 0 fully saturated rings. The Morgan fingerprint density at radius 3 is 2.93 bits per heavy atom. The van der Waals surface area contributed by atoms with Crippen LogP contribution in [-0.2, 0) is 4.74 Å². The van der Waals surface area contributed by atoms with Crippen LogP contribution in [0.4, 0.5) is 5.69 Å². The van der Waals surface area contributed by atoms with Gasteiger partial charge in [0.2, 0.25) is 0 Å². The fourth-order valence-corrected chi connectivity index (χ4v) is 1.69. The van der Waals surface area contributed by atoms with Crippen LogP contribution in [0.15, 0.2) is 22.7 Å². The maximum absolute atomic E-state index is 8.69. The third-order valence-corrected chi connectivity index (χ3v) is 2.59. The zero-order valence-electron chi connectivity index (χ0n) is 8.59. The summed E-state index contributed by atoms with van der Waals surface area (Å²) in [5.74, 6) is 0. The number of anilines is 1. The van der Waals surface area contributed by atoms with E-state index in [-0.39, 0.29) is 0 Å². The molecule has 0 atom stereocenters. The summed E-state index contributed by atoms with van der Waals surface area (Å²) in [5, 5.41) is 12.0. The van der Waals surface area contributed by atoms with E-state index < -0.39 is 0 Å². The number of nitriles is 1. The molecule has 0 saturated carbocycles. The molecular weight excluding hydrogens is 256 g/mol. The van der Waals surface area contributed by atoms with Crippen LogP contribution in [-0.4, -0.2) is 20.3 Å². The Morgan fingerprint density at radius 2 is 2.33 bits per heavy atom. The molecule has 0 aliphatic heterocycles. The number of halogens is 1.